The molecule has 0 aliphatic heterocycles. The number of halogens is 1. The lowest BCUT2D eigenvalue weighted by Crippen LogP contribution is -2.28. The second-order valence-electron chi connectivity index (χ2n) is 5.11. The monoisotopic (exact) mass is 269 g/mol. The molecule has 0 saturated heterocycles. The Labute approximate surface area is 115 Å². The van der Waals surface area contributed by atoms with E-state index in [-0.39, 0.29) is 5.82 Å². The summed E-state index contributed by atoms with van der Waals surface area (Å²) in [6.45, 7) is 7.65. The van der Waals surface area contributed by atoms with Gasteiger partial charge in [0.2, 0.25) is 0 Å². The molecule has 0 radical (unpaired) electrons. The molecule has 0 saturated carbocycles. The molecule has 102 valence electrons. The van der Waals surface area contributed by atoms with Gasteiger partial charge in [0.1, 0.15) is 5.82 Å². The first kappa shape index (κ1) is 15.5. The number of thioether (sulfide) groups is 1. The van der Waals surface area contributed by atoms with Gasteiger partial charge in [0.15, 0.2) is 0 Å². The maximum absolute atomic E-state index is 13.3. The Hall–Kier alpha value is -0.540. The highest BCUT2D eigenvalue weighted by atomic mass is 32.2. The largest absolute Gasteiger partial charge is 0.313 e. The molecule has 0 spiro atoms. The van der Waals surface area contributed by atoms with E-state index in [4.69, 9.17) is 0 Å². The summed E-state index contributed by atoms with van der Waals surface area (Å²) in [5.41, 5.74) is 0. The van der Waals surface area contributed by atoms with Crippen LogP contribution in [0.3, 0.4) is 0 Å². The van der Waals surface area contributed by atoms with Gasteiger partial charge in [-0.2, -0.15) is 0 Å². The average molecular weight is 269 g/mol. The standard InChI is InChI=1S/C15H24FNS/c1-12(2)8-9-13(3)17-10-11-18-15-7-5-4-6-14(15)16/h4-7,12-13,17H,8-11H2,1-3H3. The molecule has 0 amide bonds. The minimum absolute atomic E-state index is 0.115. The zero-order valence-electron chi connectivity index (χ0n) is 11.6. The van der Waals surface area contributed by atoms with Crippen molar-refractivity contribution in [1.82, 2.24) is 5.32 Å². The van der Waals surface area contributed by atoms with Crippen molar-refractivity contribution in [2.75, 3.05) is 12.3 Å². The molecule has 3 heteroatoms. The first-order chi connectivity index (χ1) is 8.59. The molecular weight excluding hydrogens is 245 g/mol. The van der Waals surface area contributed by atoms with Gasteiger partial charge in [-0.3, -0.25) is 0 Å². The summed E-state index contributed by atoms with van der Waals surface area (Å²) in [7, 11) is 0. The highest BCUT2D eigenvalue weighted by Gasteiger charge is 2.04. The highest BCUT2D eigenvalue weighted by molar-refractivity contribution is 7.99. The van der Waals surface area contributed by atoms with Gasteiger partial charge in [0.25, 0.3) is 0 Å². The van der Waals surface area contributed by atoms with E-state index >= 15 is 0 Å². The van der Waals surface area contributed by atoms with E-state index in [1.54, 1.807) is 17.8 Å². The summed E-state index contributed by atoms with van der Waals surface area (Å²) in [4.78, 5) is 0.745. The van der Waals surface area contributed by atoms with Gasteiger partial charge in [0.05, 0.1) is 0 Å². The second-order valence-corrected chi connectivity index (χ2v) is 6.24. The fourth-order valence-corrected chi connectivity index (χ4v) is 2.53. The third-order valence-electron chi connectivity index (χ3n) is 2.87. The van der Waals surface area contributed by atoms with Crippen LogP contribution in [0, 0.1) is 11.7 Å². The molecule has 18 heavy (non-hydrogen) atoms. The van der Waals surface area contributed by atoms with Crippen molar-refractivity contribution in [2.24, 2.45) is 5.92 Å². The van der Waals surface area contributed by atoms with Gasteiger partial charge >= 0.3 is 0 Å². The molecule has 0 heterocycles. The Bertz CT molecular complexity index is 341. The molecular formula is C15H24FNS. The van der Waals surface area contributed by atoms with E-state index in [2.05, 4.69) is 26.1 Å². The lowest BCUT2D eigenvalue weighted by Gasteiger charge is -2.14. The summed E-state index contributed by atoms with van der Waals surface area (Å²) in [6, 6.07) is 7.51. The number of rotatable bonds is 8. The van der Waals surface area contributed by atoms with Crippen LogP contribution in [0.5, 0.6) is 0 Å². The van der Waals surface area contributed by atoms with Crippen molar-refractivity contribution in [3.63, 3.8) is 0 Å². The maximum Gasteiger partial charge on any atom is 0.136 e. The minimum atomic E-state index is -0.115. The molecule has 1 aromatic carbocycles. The minimum Gasteiger partial charge on any atom is -0.313 e. The molecule has 1 unspecified atom stereocenters. The average Bonchev–Trinajstić information content (AvgIpc) is 2.34. The predicted molar refractivity (Wildman–Crippen MR) is 78.7 cm³/mol. The van der Waals surface area contributed by atoms with Crippen molar-refractivity contribution in [1.29, 1.82) is 0 Å². The summed E-state index contributed by atoms with van der Waals surface area (Å²) in [5, 5.41) is 3.48. The highest BCUT2D eigenvalue weighted by Crippen LogP contribution is 2.20. The van der Waals surface area contributed by atoms with Gasteiger partial charge < -0.3 is 5.32 Å². The van der Waals surface area contributed by atoms with E-state index < -0.39 is 0 Å². The lowest BCUT2D eigenvalue weighted by atomic mass is 10.0. The van der Waals surface area contributed by atoms with E-state index in [9.17, 15) is 4.39 Å². The first-order valence-electron chi connectivity index (χ1n) is 6.70. The molecule has 1 nitrogen and oxygen atoms in total. The molecule has 0 aliphatic rings. The fourth-order valence-electron chi connectivity index (χ4n) is 1.71. The van der Waals surface area contributed by atoms with Crippen molar-refractivity contribution >= 4 is 11.8 Å². The van der Waals surface area contributed by atoms with Crippen LogP contribution < -0.4 is 5.32 Å². The van der Waals surface area contributed by atoms with Crippen LogP contribution in [-0.2, 0) is 0 Å². The number of benzene rings is 1. The van der Waals surface area contributed by atoms with E-state index in [1.165, 1.54) is 18.9 Å². The van der Waals surface area contributed by atoms with Crippen LogP contribution in [0.15, 0.2) is 29.2 Å². The van der Waals surface area contributed by atoms with Crippen molar-refractivity contribution in [3.05, 3.63) is 30.1 Å². The van der Waals surface area contributed by atoms with Crippen LogP contribution in [0.4, 0.5) is 4.39 Å². The zero-order valence-corrected chi connectivity index (χ0v) is 12.4. The first-order valence-corrected chi connectivity index (χ1v) is 7.69. The molecule has 1 atom stereocenters. The third kappa shape index (κ3) is 6.41. The Morgan fingerprint density at radius 1 is 1.17 bits per heavy atom. The smallest absolute Gasteiger partial charge is 0.136 e. The summed E-state index contributed by atoms with van der Waals surface area (Å²) in [6.07, 6.45) is 2.47. The fraction of sp³-hybridized carbons (Fsp3) is 0.600. The van der Waals surface area contributed by atoms with Crippen molar-refractivity contribution in [2.45, 2.75) is 44.6 Å². The van der Waals surface area contributed by atoms with Crippen LogP contribution in [0.1, 0.15) is 33.6 Å². The molecule has 0 fully saturated rings. The molecule has 1 rings (SSSR count). The Morgan fingerprint density at radius 3 is 2.56 bits per heavy atom. The molecule has 1 N–H and O–H groups in total. The van der Waals surface area contributed by atoms with E-state index in [0.29, 0.717) is 6.04 Å². The number of hydrogen-bond acceptors (Lipinski definition) is 2. The molecule has 1 aromatic rings. The number of nitrogens with one attached hydrogen (secondary N) is 1. The normalized spacial score (nSPS) is 12.9. The van der Waals surface area contributed by atoms with Gasteiger partial charge in [-0.1, -0.05) is 26.0 Å². The van der Waals surface area contributed by atoms with Crippen LogP contribution in [-0.4, -0.2) is 18.3 Å². The SMILES string of the molecule is CC(C)CCC(C)NCCSc1ccccc1F. The Balaban J connectivity index is 2.13. The second kappa shape index (κ2) is 8.54. The zero-order chi connectivity index (χ0) is 13.4. The molecule has 0 aromatic heterocycles. The molecule has 0 bridgehead atoms. The third-order valence-corrected chi connectivity index (χ3v) is 3.92. The summed E-state index contributed by atoms with van der Waals surface area (Å²) >= 11 is 1.58. The maximum atomic E-state index is 13.3. The van der Waals surface area contributed by atoms with Gasteiger partial charge in [-0.15, -0.1) is 11.8 Å². The summed E-state index contributed by atoms with van der Waals surface area (Å²) < 4.78 is 13.3. The quantitative estimate of drug-likeness (QED) is 0.557. The van der Waals surface area contributed by atoms with Gasteiger partial charge in [-0.25, -0.2) is 4.39 Å². The Kier molecular flexibility index (Phi) is 7.36. The van der Waals surface area contributed by atoms with Gasteiger partial charge in [0, 0.05) is 23.2 Å². The van der Waals surface area contributed by atoms with Gasteiger partial charge in [-0.05, 0) is 37.8 Å². The van der Waals surface area contributed by atoms with E-state index in [0.717, 1.165) is 23.1 Å². The predicted octanol–water partition coefficient (Wildman–Crippen LogP) is 4.33. The van der Waals surface area contributed by atoms with Crippen LogP contribution in [0.25, 0.3) is 0 Å². The van der Waals surface area contributed by atoms with Crippen LogP contribution >= 0.6 is 11.8 Å². The number of hydrogen-bond donors (Lipinski definition) is 1. The van der Waals surface area contributed by atoms with Crippen LogP contribution in [0.2, 0.25) is 0 Å². The van der Waals surface area contributed by atoms with E-state index in [1.807, 2.05) is 12.1 Å². The Morgan fingerprint density at radius 2 is 1.89 bits per heavy atom. The van der Waals surface area contributed by atoms with Crippen molar-refractivity contribution < 1.29 is 4.39 Å². The topological polar surface area (TPSA) is 12.0 Å². The summed E-state index contributed by atoms with van der Waals surface area (Å²) in [5.74, 6) is 1.56. The lowest BCUT2D eigenvalue weighted by molar-refractivity contribution is 0.460. The van der Waals surface area contributed by atoms with Crippen molar-refractivity contribution in [3.8, 4) is 0 Å². The molecule has 0 aliphatic carbocycles.